The molecule has 0 amide bonds. The van der Waals surface area contributed by atoms with Gasteiger partial charge in [0.15, 0.2) is 16.8 Å². The van der Waals surface area contributed by atoms with Crippen molar-refractivity contribution in [2.75, 3.05) is 0 Å². The molecule has 0 radical (unpaired) electrons. The van der Waals surface area contributed by atoms with E-state index in [0.29, 0.717) is 11.2 Å². The summed E-state index contributed by atoms with van der Waals surface area (Å²) in [6.07, 6.45) is 0. The van der Waals surface area contributed by atoms with E-state index in [2.05, 4.69) is 30.9 Å². The van der Waals surface area contributed by atoms with E-state index < -0.39 is 11.2 Å². The van der Waals surface area contributed by atoms with Crippen molar-refractivity contribution in [3.05, 3.63) is 43.5 Å². The summed E-state index contributed by atoms with van der Waals surface area (Å²) in [6, 6.07) is 5.73. The van der Waals surface area contributed by atoms with Crippen LogP contribution in [0.4, 0.5) is 0 Å². The Morgan fingerprint density at radius 2 is 1.86 bits per heavy atom. The molecule has 1 aromatic carbocycles. The van der Waals surface area contributed by atoms with Crippen LogP contribution >= 0.6 is 15.9 Å². The van der Waals surface area contributed by atoms with Gasteiger partial charge in [0.05, 0.1) is 0 Å². The molecular weight excluding hydrogens is 350 g/mol. The zero-order chi connectivity index (χ0) is 15.6. The highest BCUT2D eigenvalue weighted by atomic mass is 79.9. The van der Waals surface area contributed by atoms with Gasteiger partial charge in [-0.2, -0.15) is 0 Å². The van der Waals surface area contributed by atoms with Gasteiger partial charge in [0.2, 0.25) is 0 Å². The molecule has 0 fully saturated rings. The summed E-state index contributed by atoms with van der Waals surface area (Å²) in [5, 5.41) is 0.870. The maximum Gasteiger partial charge on any atom is 0.332 e. The molecule has 3 heterocycles. The number of H-pyrrole nitrogens is 1. The predicted octanol–water partition coefficient (Wildman–Crippen LogP) is 1.42. The molecule has 0 spiro atoms. The van der Waals surface area contributed by atoms with Crippen LogP contribution in [0, 0.1) is 0 Å². The molecule has 4 rings (SSSR count). The van der Waals surface area contributed by atoms with E-state index in [1.807, 2.05) is 18.2 Å². The number of rotatable bonds is 0. The van der Waals surface area contributed by atoms with E-state index in [1.54, 1.807) is 7.05 Å². The largest absolute Gasteiger partial charge is 0.338 e. The lowest BCUT2D eigenvalue weighted by Gasteiger charge is -2.05. The topological polar surface area (TPSA) is 85.6 Å². The predicted molar refractivity (Wildman–Crippen MR) is 87.1 cm³/mol. The molecule has 0 aliphatic rings. The minimum absolute atomic E-state index is 0.179. The third kappa shape index (κ3) is 1.61. The van der Waals surface area contributed by atoms with Crippen molar-refractivity contribution in [3.63, 3.8) is 0 Å². The van der Waals surface area contributed by atoms with Crippen LogP contribution in [-0.2, 0) is 14.1 Å². The van der Waals surface area contributed by atoms with E-state index >= 15 is 0 Å². The molecule has 0 aliphatic carbocycles. The van der Waals surface area contributed by atoms with Crippen molar-refractivity contribution >= 4 is 49.2 Å². The molecule has 0 aliphatic heterocycles. The second kappa shape index (κ2) is 4.26. The van der Waals surface area contributed by atoms with Crippen LogP contribution in [0.2, 0.25) is 0 Å². The number of hydrogen-bond acceptors (Lipinski definition) is 4. The van der Waals surface area contributed by atoms with E-state index in [4.69, 9.17) is 0 Å². The van der Waals surface area contributed by atoms with E-state index in [1.165, 1.54) is 11.6 Å². The first-order chi connectivity index (χ1) is 10.5. The quantitative estimate of drug-likeness (QED) is 0.514. The molecule has 3 aromatic heterocycles. The van der Waals surface area contributed by atoms with Crippen LogP contribution in [0.3, 0.4) is 0 Å². The minimum Gasteiger partial charge on any atom is -0.338 e. The molecule has 0 atom stereocenters. The summed E-state index contributed by atoms with van der Waals surface area (Å²) in [4.78, 5) is 36.3. The van der Waals surface area contributed by atoms with Crippen LogP contribution in [-0.4, -0.2) is 24.1 Å². The first kappa shape index (κ1) is 13.2. The number of nitrogens with zero attached hydrogens (tertiary/aromatic N) is 4. The summed E-state index contributed by atoms with van der Waals surface area (Å²) in [5.74, 6) is 0. The Hall–Kier alpha value is -2.48. The molecular formula is C14H10BrN5O2. The fourth-order valence-corrected chi connectivity index (χ4v) is 2.95. The number of halogens is 1. The second-order valence-corrected chi connectivity index (χ2v) is 6.03. The Labute approximate surface area is 131 Å². The first-order valence-corrected chi connectivity index (χ1v) is 7.31. The van der Waals surface area contributed by atoms with Gasteiger partial charge in [-0.25, -0.2) is 14.8 Å². The number of aromatic nitrogens is 5. The monoisotopic (exact) mass is 359 g/mol. The average Bonchev–Trinajstić information content (AvgIpc) is 2.86. The van der Waals surface area contributed by atoms with E-state index in [9.17, 15) is 9.59 Å². The minimum atomic E-state index is -0.447. The summed E-state index contributed by atoms with van der Waals surface area (Å²) >= 11 is 3.43. The number of aryl methyl sites for hydroxylation is 1. The Kier molecular flexibility index (Phi) is 2.56. The molecule has 4 aromatic rings. The van der Waals surface area contributed by atoms with Crippen LogP contribution < -0.4 is 11.2 Å². The molecule has 8 heteroatoms. The number of fused-ring (bicyclic) bond motifs is 4. The number of nitrogens with one attached hydrogen (secondary N) is 1. The summed E-state index contributed by atoms with van der Waals surface area (Å²) in [6.45, 7) is 0. The highest BCUT2D eigenvalue weighted by molar-refractivity contribution is 9.10. The molecule has 1 N–H and O–H groups in total. The normalized spacial score (nSPS) is 11.8. The van der Waals surface area contributed by atoms with Gasteiger partial charge >= 0.3 is 5.69 Å². The van der Waals surface area contributed by atoms with E-state index in [-0.39, 0.29) is 11.2 Å². The van der Waals surface area contributed by atoms with Gasteiger partial charge in [0.25, 0.3) is 5.56 Å². The maximum absolute atomic E-state index is 12.3. The van der Waals surface area contributed by atoms with Gasteiger partial charge in [-0.05, 0) is 18.2 Å². The Morgan fingerprint density at radius 1 is 1.09 bits per heavy atom. The Balaban J connectivity index is 2.31. The number of hydrogen-bond donors (Lipinski definition) is 1. The SMILES string of the molecule is Cn1c(=O)c2nc3c(nc2n(C)c1=O)[nH]c1ccc(Br)cc13. The summed E-state index contributed by atoms with van der Waals surface area (Å²) < 4.78 is 3.27. The average molecular weight is 360 g/mol. The number of benzene rings is 1. The molecule has 110 valence electrons. The Bertz CT molecular complexity index is 1200. The fraction of sp³-hybridized carbons (Fsp3) is 0.143. The zero-order valence-corrected chi connectivity index (χ0v) is 13.3. The number of aromatic amines is 1. The highest BCUT2D eigenvalue weighted by Crippen LogP contribution is 2.26. The van der Waals surface area contributed by atoms with Crippen LogP contribution in [0.1, 0.15) is 0 Å². The molecule has 0 bridgehead atoms. The molecule has 0 saturated carbocycles. The van der Waals surface area contributed by atoms with Crippen molar-refractivity contribution in [3.8, 4) is 0 Å². The van der Waals surface area contributed by atoms with Crippen molar-refractivity contribution in [2.24, 2.45) is 14.1 Å². The van der Waals surface area contributed by atoms with Gasteiger partial charge < -0.3 is 4.98 Å². The molecule has 22 heavy (non-hydrogen) atoms. The van der Waals surface area contributed by atoms with Gasteiger partial charge in [0, 0.05) is 29.5 Å². The molecule has 0 saturated heterocycles. The van der Waals surface area contributed by atoms with Crippen LogP contribution in [0.5, 0.6) is 0 Å². The summed E-state index contributed by atoms with van der Waals surface area (Å²) in [5.41, 5.74) is 1.60. The lowest BCUT2D eigenvalue weighted by molar-refractivity contribution is 0.706. The maximum atomic E-state index is 12.3. The van der Waals surface area contributed by atoms with Crippen LogP contribution in [0.15, 0.2) is 32.3 Å². The van der Waals surface area contributed by atoms with Crippen molar-refractivity contribution < 1.29 is 0 Å². The second-order valence-electron chi connectivity index (χ2n) is 5.11. The highest BCUT2D eigenvalue weighted by Gasteiger charge is 2.15. The van der Waals surface area contributed by atoms with Gasteiger partial charge in [-0.15, -0.1) is 0 Å². The third-order valence-electron chi connectivity index (χ3n) is 3.77. The van der Waals surface area contributed by atoms with Crippen molar-refractivity contribution in [2.45, 2.75) is 0 Å². The van der Waals surface area contributed by atoms with Gasteiger partial charge in [-0.3, -0.25) is 13.9 Å². The molecule has 0 unspecified atom stereocenters. The molecule has 7 nitrogen and oxygen atoms in total. The van der Waals surface area contributed by atoms with Gasteiger partial charge in [0.1, 0.15) is 5.52 Å². The standard InChI is InChI=1S/C14H10BrN5O2/c1-19-12-10(13(21)20(2)14(19)22)17-9-7-5-6(15)3-4-8(7)16-11(9)18-12/h3-5H,1-2H3,(H,16,18). The first-order valence-electron chi connectivity index (χ1n) is 6.52. The Morgan fingerprint density at radius 3 is 2.64 bits per heavy atom. The lowest BCUT2D eigenvalue weighted by atomic mass is 10.2. The van der Waals surface area contributed by atoms with Crippen LogP contribution in [0.25, 0.3) is 33.2 Å². The zero-order valence-electron chi connectivity index (χ0n) is 11.7. The summed E-state index contributed by atoms with van der Waals surface area (Å²) in [7, 11) is 3.01. The smallest absolute Gasteiger partial charge is 0.332 e. The van der Waals surface area contributed by atoms with Crippen molar-refractivity contribution in [1.29, 1.82) is 0 Å². The lowest BCUT2D eigenvalue weighted by Crippen LogP contribution is -2.37. The fourth-order valence-electron chi connectivity index (χ4n) is 2.59. The van der Waals surface area contributed by atoms with E-state index in [0.717, 1.165) is 19.9 Å². The third-order valence-corrected chi connectivity index (χ3v) is 4.26. The van der Waals surface area contributed by atoms with Gasteiger partial charge in [-0.1, -0.05) is 15.9 Å². The van der Waals surface area contributed by atoms with Crippen molar-refractivity contribution in [1.82, 2.24) is 24.1 Å².